The van der Waals surface area contributed by atoms with Gasteiger partial charge in [0.2, 0.25) is 0 Å². The first kappa shape index (κ1) is 12.9. The van der Waals surface area contributed by atoms with Crippen LogP contribution in [0.4, 0.5) is 14.6 Å². The SMILES string of the molecule is O=C(O)c1cncc(NCc2cc(F)ccc2F)n1. The molecule has 7 heteroatoms. The van der Waals surface area contributed by atoms with Gasteiger partial charge in [-0.2, -0.15) is 0 Å². The number of carboxylic acids is 1. The Morgan fingerprint density at radius 3 is 2.84 bits per heavy atom. The molecule has 98 valence electrons. The van der Waals surface area contributed by atoms with Crippen molar-refractivity contribution in [3.05, 3.63) is 53.5 Å². The fourth-order valence-electron chi connectivity index (χ4n) is 1.42. The van der Waals surface area contributed by atoms with Gasteiger partial charge in [-0.05, 0) is 18.2 Å². The highest BCUT2D eigenvalue weighted by Gasteiger charge is 2.07. The Kier molecular flexibility index (Phi) is 3.65. The molecule has 0 saturated heterocycles. The molecule has 0 saturated carbocycles. The number of rotatable bonds is 4. The molecule has 1 aromatic carbocycles. The van der Waals surface area contributed by atoms with E-state index in [1.54, 1.807) is 0 Å². The summed E-state index contributed by atoms with van der Waals surface area (Å²) in [5.74, 6) is -2.16. The van der Waals surface area contributed by atoms with E-state index in [1.165, 1.54) is 6.20 Å². The first-order valence-corrected chi connectivity index (χ1v) is 5.29. The monoisotopic (exact) mass is 265 g/mol. The van der Waals surface area contributed by atoms with Crippen LogP contribution >= 0.6 is 0 Å². The minimum absolute atomic E-state index is 0.0264. The lowest BCUT2D eigenvalue weighted by atomic mass is 10.2. The van der Waals surface area contributed by atoms with Crippen LogP contribution in [0.25, 0.3) is 0 Å². The Morgan fingerprint density at radius 1 is 1.32 bits per heavy atom. The minimum Gasteiger partial charge on any atom is -0.476 e. The van der Waals surface area contributed by atoms with Gasteiger partial charge in [0.25, 0.3) is 0 Å². The smallest absolute Gasteiger partial charge is 0.356 e. The van der Waals surface area contributed by atoms with Gasteiger partial charge in [0.1, 0.15) is 17.5 Å². The molecule has 5 nitrogen and oxygen atoms in total. The third-order valence-electron chi connectivity index (χ3n) is 2.32. The lowest BCUT2D eigenvalue weighted by Gasteiger charge is -2.07. The zero-order chi connectivity index (χ0) is 13.8. The largest absolute Gasteiger partial charge is 0.476 e. The van der Waals surface area contributed by atoms with E-state index in [1.807, 2.05) is 0 Å². The van der Waals surface area contributed by atoms with Crippen molar-refractivity contribution in [3.8, 4) is 0 Å². The molecular weight excluding hydrogens is 256 g/mol. The van der Waals surface area contributed by atoms with Crippen LogP contribution in [-0.2, 0) is 6.54 Å². The van der Waals surface area contributed by atoms with Gasteiger partial charge in [0.15, 0.2) is 5.69 Å². The molecule has 0 aliphatic rings. The molecule has 0 radical (unpaired) electrons. The van der Waals surface area contributed by atoms with E-state index >= 15 is 0 Å². The number of aromatic nitrogens is 2. The quantitative estimate of drug-likeness (QED) is 0.885. The lowest BCUT2D eigenvalue weighted by molar-refractivity contribution is 0.0690. The fourth-order valence-corrected chi connectivity index (χ4v) is 1.42. The number of carbonyl (C=O) groups is 1. The Hall–Kier alpha value is -2.57. The molecule has 2 N–H and O–H groups in total. The van der Waals surface area contributed by atoms with E-state index in [2.05, 4.69) is 15.3 Å². The molecule has 1 aromatic heterocycles. The second-order valence-corrected chi connectivity index (χ2v) is 3.68. The molecule has 0 amide bonds. The predicted octanol–water partition coefficient (Wildman–Crippen LogP) is 2.07. The number of carboxylic acid groups (broad SMARTS) is 1. The van der Waals surface area contributed by atoms with Crippen molar-refractivity contribution in [2.45, 2.75) is 6.54 Å². The topological polar surface area (TPSA) is 75.1 Å². The molecule has 19 heavy (non-hydrogen) atoms. The van der Waals surface area contributed by atoms with E-state index < -0.39 is 17.6 Å². The summed E-state index contributed by atoms with van der Waals surface area (Å²) >= 11 is 0. The Bertz CT molecular complexity index is 620. The summed E-state index contributed by atoms with van der Waals surface area (Å²) in [7, 11) is 0. The maximum Gasteiger partial charge on any atom is 0.356 e. The van der Waals surface area contributed by atoms with E-state index in [4.69, 9.17) is 5.11 Å². The Balaban J connectivity index is 2.12. The Labute approximate surface area is 106 Å². The van der Waals surface area contributed by atoms with Crippen molar-refractivity contribution < 1.29 is 18.7 Å². The van der Waals surface area contributed by atoms with Gasteiger partial charge in [-0.15, -0.1) is 0 Å². The second kappa shape index (κ2) is 5.38. The number of hydrogen-bond acceptors (Lipinski definition) is 4. The Morgan fingerprint density at radius 2 is 2.11 bits per heavy atom. The van der Waals surface area contributed by atoms with Gasteiger partial charge in [-0.1, -0.05) is 0 Å². The number of hydrogen-bond donors (Lipinski definition) is 2. The molecule has 0 fully saturated rings. The summed E-state index contributed by atoms with van der Waals surface area (Å²) < 4.78 is 26.3. The van der Waals surface area contributed by atoms with Crippen LogP contribution in [0, 0.1) is 11.6 Å². The normalized spacial score (nSPS) is 10.2. The van der Waals surface area contributed by atoms with Crippen LogP contribution in [0.3, 0.4) is 0 Å². The number of benzene rings is 1. The number of halogens is 2. The van der Waals surface area contributed by atoms with Crippen molar-refractivity contribution in [3.63, 3.8) is 0 Å². The lowest BCUT2D eigenvalue weighted by Crippen LogP contribution is -2.07. The van der Waals surface area contributed by atoms with E-state index in [0.29, 0.717) is 0 Å². The van der Waals surface area contributed by atoms with Gasteiger partial charge >= 0.3 is 5.97 Å². The van der Waals surface area contributed by atoms with Gasteiger partial charge in [0, 0.05) is 12.1 Å². The summed E-state index contributed by atoms with van der Waals surface area (Å²) in [4.78, 5) is 18.1. The summed E-state index contributed by atoms with van der Waals surface area (Å²) in [6.07, 6.45) is 2.39. The van der Waals surface area contributed by atoms with Crippen LogP contribution in [0.15, 0.2) is 30.6 Å². The summed E-state index contributed by atoms with van der Waals surface area (Å²) in [6, 6.07) is 3.09. The van der Waals surface area contributed by atoms with Crippen LogP contribution < -0.4 is 5.32 Å². The zero-order valence-corrected chi connectivity index (χ0v) is 9.60. The maximum atomic E-state index is 13.3. The molecule has 0 bridgehead atoms. The molecule has 0 aliphatic carbocycles. The van der Waals surface area contributed by atoms with Crippen molar-refractivity contribution in [1.82, 2.24) is 9.97 Å². The van der Waals surface area contributed by atoms with E-state index in [0.717, 1.165) is 24.4 Å². The van der Waals surface area contributed by atoms with Crippen LogP contribution in [-0.4, -0.2) is 21.0 Å². The van der Waals surface area contributed by atoms with Crippen molar-refractivity contribution in [2.24, 2.45) is 0 Å². The number of nitrogens with zero attached hydrogens (tertiary/aromatic N) is 2. The summed E-state index contributed by atoms with van der Waals surface area (Å²) in [5.41, 5.74) is -0.118. The van der Waals surface area contributed by atoms with Crippen LogP contribution in [0.5, 0.6) is 0 Å². The highest BCUT2D eigenvalue weighted by Crippen LogP contribution is 2.12. The fraction of sp³-hybridized carbons (Fsp3) is 0.0833. The third kappa shape index (κ3) is 3.21. The maximum absolute atomic E-state index is 13.3. The standard InChI is InChI=1S/C12H9F2N3O2/c13-8-1-2-9(14)7(3-8)4-16-11-6-15-5-10(17-11)12(18)19/h1-3,5-6H,4H2,(H,16,17)(H,18,19). The van der Waals surface area contributed by atoms with Crippen molar-refractivity contribution in [1.29, 1.82) is 0 Å². The first-order valence-electron chi connectivity index (χ1n) is 5.29. The van der Waals surface area contributed by atoms with Crippen molar-refractivity contribution >= 4 is 11.8 Å². The predicted molar refractivity (Wildman–Crippen MR) is 62.7 cm³/mol. The molecule has 2 aromatic rings. The molecule has 1 heterocycles. The minimum atomic E-state index is -1.21. The van der Waals surface area contributed by atoms with Crippen LogP contribution in [0.2, 0.25) is 0 Å². The van der Waals surface area contributed by atoms with Gasteiger partial charge in [0.05, 0.1) is 12.4 Å². The third-order valence-corrected chi connectivity index (χ3v) is 2.32. The molecule has 0 aliphatic heterocycles. The molecule has 0 unspecified atom stereocenters. The van der Waals surface area contributed by atoms with Crippen molar-refractivity contribution in [2.75, 3.05) is 5.32 Å². The summed E-state index contributed by atoms with van der Waals surface area (Å²) in [6.45, 7) is -0.0264. The van der Waals surface area contributed by atoms with E-state index in [-0.39, 0.29) is 23.6 Å². The molecule has 0 atom stereocenters. The molecule has 0 spiro atoms. The van der Waals surface area contributed by atoms with E-state index in [9.17, 15) is 13.6 Å². The van der Waals surface area contributed by atoms with Gasteiger partial charge in [-0.25, -0.2) is 18.6 Å². The van der Waals surface area contributed by atoms with Crippen LogP contribution in [0.1, 0.15) is 16.1 Å². The number of nitrogens with one attached hydrogen (secondary N) is 1. The number of aromatic carboxylic acids is 1. The summed E-state index contributed by atoms with van der Waals surface area (Å²) in [5, 5.41) is 11.4. The first-order chi connectivity index (χ1) is 9.06. The average Bonchev–Trinajstić information content (AvgIpc) is 2.40. The van der Waals surface area contributed by atoms with Gasteiger partial charge < -0.3 is 10.4 Å². The average molecular weight is 265 g/mol. The highest BCUT2D eigenvalue weighted by molar-refractivity contribution is 5.85. The van der Waals surface area contributed by atoms with Gasteiger partial charge in [-0.3, -0.25) is 4.98 Å². The highest BCUT2D eigenvalue weighted by atomic mass is 19.1. The second-order valence-electron chi connectivity index (χ2n) is 3.68. The number of anilines is 1. The zero-order valence-electron chi connectivity index (χ0n) is 9.60. The molecule has 2 rings (SSSR count). The molecular formula is C12H9F2N3O2.